The van der Waals surface area contributed by atoms with Crippen molar-refractivity contribution in [1.82, 2.24) is 4.57 Å². The van der Waals surface area contributed by atoms with E-state index >= 15 is 0 Å². The summed E-state index contributed by atoms with van der Waals surface area (Å²) in [4.78, 5) is 0. The van der Waals surface area contributed by atoms with Crippen LogP contribution in [0.2, 0.25) is 0 Å². The van der Waals surface area contributed by atoms with Crippen LogP contribution in [-0.2, 0) is 6.42 Å². The Morgan fingerprint density at radius 2 is 1.35 bits per heavy atom. The number of nitrogens with zero attached hydrogens (tertiary/aromatic N) is 1. The minimum Gasteiger partial charge on any atom is -0.309 e. The van der Waals surface area contributed by atoms with Crippen LogP contribution in [0.1, 0.15) is 11.1 Å². The van der Waals surface area contributed by atoms with Gasteiger partial charge in [-0.3, -0.25) is 0 Å². The van der Waals surface area contributed by atoms with Crippen molar-refractivity contribution in [3.05, 3.63) is 102 Å². The molecule has 1 aliphatic carbocycles. The highest BCUT2D eigenvalue weighted by Crippen LogP contribution is 2.45. The van der Waals surface area contributed by atoms with Gasteiger partial charge in [0.1, 0.15) is 0 Å². The summed E-state index contributed by atoms with van der Waals surface area (Å²) in [6.07, 6.45) is 1.03. The molecule has 0 fully saturated rings. The molecule has 0 aliphatic heterocycles. The lowest BCUT2D eigenvalue weighted by atomic mass is 10.0. The summed E-state index contributed by atoms with van der Waals surface area (Å²) < 4.78 is 2.44. The van der Waals surface area contributed by atoms with Gasteiger partial charge in [0.2, 0.25) is 0 Å². The first-order valence-corrected chi connectivity index (χ1v) is 9.10. The fourth-order valence-corrected chi connectivity index (χ4v) is 4.52. The predicted molar refractivity (Wildman–Crippen MR) is 109 cm³/mol. The number of para-hydroxylation sites is 2. The zero-order chi connectivity index (χ0) is 17.1. The van der Waals surface area contributed by atoms with E-state index in [4.69, 9.17) is 0 Å². The molecule has 0 saturated carbocycles. The van der Waals surface area contributed by atoms with Gasteiger partial charge in [0, 0.05) is 22.0 Å². The third kappa shape index (κ3) is 1.75. The highest BCUT2D eigenvalue weighted by atomic mass is 15.0. The van der Waals surface area contributed by atoms with E-state index in [-0.39, 0.29) is 0 Å². The largest absolute Gasteiger partial charge is 0.309 e. The van der Waals surface area contributed by atoms with Crippen molar-refractivity contribution >= 4 is 21.8 Å². The van der Waals surface area contributed by atoms with E-state index in [9.17, 15) is 0 Å². The molecule has 26 heavy (non-hydrogen) atoms. The first-order valence-electron chi connectivity index (χ1n) is 9.10. The Balaban J connectivity index is 1.86. The molecule has 0 atom stereocenters. The normalized spacial score (nSPS) is 12.5. The van der Waals surface area contributed by atoms with Crippen LogP contribution in [0.3, 0.4) is 0 Å². The van der Waals surface area contributed by atoms with Gasteiger partial charge in [0.25, 0.3) is 0 Å². The number of hydrogen-bond donors (Lipinski definition) is 0. The third-order valence-electron chi connectivity index (χ3n) is 5.60. The molecule has 0 saturated heterocycles. The monoisotopic (exact) mass is 331 g/mol. The van der Waals surface area contributed by atoms with Gasteiger partial charge in [-0.15, -0.1) is 0 Å². The van der Waals surface area contributed by atoms with Gasteiger partial charge in [-0.25, -0.2) is 0 Å². The van der Waals surface area contributed by atoms with Gasteiger partial charge >= 0.3 is 0 Å². The van der Waals surface area contributed by atoms with Crippen molar-refractivity contribution in [1.29, 1.82) is 0 Å². The lowest BCUT2D eigenvalue weighted by molar-refractivity contribution is 1.18. The van der Waals surface area contributed by atoms with E-state index in [1.165, 1.54) is 49.7 Å². The van der Waals surface area contributed by atoms with Crippen LogP contribution in [0, 0.1) is 0 Å². The third-order valence-corrected chi connectivity index (χ3v) is 5.60. The van der Waals surface area contributed by atoms with Crippen molar-refractivity contribution < 1.29 is 0 Å². The van der Waals surface area contributed by atoms with E-state index in [1.807, 2.05) is 0 Å². The van der Waals surface area contributed by atoms with Crippen molar-refractivity contribution in [2.75, 3.05) is 0 Å². The number of rotatable bonds is 1. The number of benzene rings is 4. The van der Waals surface area contributed by atoms with E-state index in [2.05, 4.69) is 95.6 Å². The maximum atomic E-state index is 2.44. The van der Waals surface area contributed by atoms with Crippen molar-refractivity contribution in [3.8, 4) is 16.8 Å². The molecule has 1 heteroatoms. The molecule has 0 unspecified atom stereocenters. The predicted octanol–water partition coefficient (Wildman–Crippen LogP) is 6.35. The Hall–Kier alpha value is -3.32. The smallest absolute Gasteiger partial charge is 0.0622 e. The highest BCUT2D eigenvalue weighted by Gasteiger charge is 2.24. The molecule has 122 valence electrons. The molecule has 4 aromatic carbocycles. The summed E-state index contributed by atoms with van der Waals surface area (Å²) in [5.41, 5.74) is 9.47. The fraction of sp³-hybridized carbons (Fsp3) is 0.0400. The number of aromatic nitrogens is 1. The van der Waals surface area contributed by atoms with Crippen LogP contribution >= 0.6 is 0 Å². The summed E-state index contributed by atoms with van der Waals surface area (Å²) in [5, 5.41) is 2.65. The summed E-state index contributed by atoms with van der Waals surface area (Å²) in [6.45, 7) is 0. The van der Waals surface area contributed by atoms with Gasteiger partial charge in [0.15, 0.2) is 0 Å². The Morgan fingerprint density at radius 3 is 2.27 bits per heavy atom. The molecule has 0 spiro atoms. The van der Waals surface area contributed by atoms with Crippen LogP contribution < -0.4 is 0 Å². The Kier molecular flexibility index (Phi) is 2.72. The standard InChI is InChI=1S/C25H17N/c1-2-9-19(10-3-1)26-23-13-7-6-12-21(23)22-15-14-18-16-17-8-4-5-11-20(17)24(18)25(22)26/h1-15H,16H2. The summed E-state index contributed by atoms with van der Waals surface area (Å²) in [5.74, 6) is 0. The number of fused-ring (bicyclic) bond motifs is 7. The molecule has 1 nitrogen and oxygen atoms in total. The molecule has 0 N–H and O–H groups in total. The minimum atomic E-state index is 1.03. The highest BCUT2D eigenvalue weighted by molar-refractivity contribution is 6.15. The van der Waals surface area contributed by atoms with Gasteiger partial charge in [-0.1, -0.05) is 72.8 Å². The average Bonchev–Trinajstić information content (AvgIpc) is 3.24. The zero-order valence-corrected chi connectivity index (χ0v) is 14.3. The van der Waals surface area contributed by atoms with Crippen molar-refractivity contribution in [3.63, 3.8) is 0 Å². The number of hydrogen-bond acceptors (Lipinski definition) is 0. The lowest BCUT2D eigenvalue weighted by Crippen LogP contribution is -1.95. The van der Waals surface area contributed by atoms with Crippen LogP contribution in [0.5, 0.6) is 0 Å². The van der Waals surface area contributed by atoms with Crippen LogP contribution in [-0.4, -0.2) is 4.57 Å². The molecule has 5 aromatic rings. The second-order valence-electron chi connectivity index (χ2n) is 7.02. The minimum absolute atomic E-state index is 1.03. The quantitative estimate of drug-likeness (QED) is 0.330. The van der Waals surface area contributed by atoms with Gasteiger partial charge in [-0.2, -0.15) is 0 Å². The van der Waals surface area contributed by atoms with E-state index in [1.54, 1.807) is 0 Å². The molecular formula is C25H17N. The summed E-state index contributed by atoms with van der Waals surface area (Å²) in [6, 6.07) is 32.9. The molecular weight excluding hydrogens is 314 g/mol. The van der Waals surface area contributed by atoms with Gasteiger partial charge in [-0.05, 0) is 41.3 Å². The van der Waals surface area contributed by atoms with Crippen LogP contribution in [0.25, 0.3) is 38.6 Å². The molecule has 1 heterocycles. The zero-order valence-electron chi connectivity index (χ0n) is 14.3. The van der Waals surface area contributed by atoms with E-state index < -0.39 is 0 Å². The van der Waals surface area contributed by atoms with Gasteiger partial charge in [0.05, 0.1) is 11.0 Å². The molecule has 1 aliphatic rings. The maximum absolute atomic E-state index is 2.44. The topological polar surface area (TPSA) is 4.93 Å². The Bertz CT molecular complexity index is 1290. The lowest BCUT2D eigenvalue weighted by Gasteiger charge is -2.11. The second kappa shape index (κ2) is 5.09. The molecule has 1 aromatic heterocycles. The summed E-state index contributed by atoms with van der Waals surface area (Å²) >= 11 is 0. The van der Waals surface area contributed by atoms with Gasteiger partial charge < -0.3 is 4.57 Å². The van der Waals surface area contributed by atoms with E-state index in [0.29, 0.717) is 0 Å². The maximum Gasteiger partial charge on any atom is 0.0622 e. The second-order valence-corrected chi connectivity index (χ2v) is 7.02. The van der Waals surface area contributed by atoms with Crippen molar-refractivity contribution in [2.24, 2.45) is 0 Å². The van der Waals surface area contributed by atoms with Crippen molar-refractivity contribution in [2.45, 2.75) is 6.42 Å². The first-order chi connectivity index (χ1) is 12.9. The molecule has 0 bridgehead atoms. The molecule has 0 amide bonds. The molecule has 0 radical (unpaired) electrons. The Labute approximate surface area is 152 Å². The summed E-state index contributed by atoms with van der Waals surface area (Å²) in [7, 11) is 0. The van der Waals surface area contributed by atoms with E-state index in [0.717, 1.165) is 6.42 Å². The molecule has 6 rings (SSSR count). The average molecular weight is 331 g/mol. The Morgan fingerprint density at radius 1 is 0.577 bits per heavy atom. The van der Waals surface area contributed by atoms with Crippen LogP contribution in [0.4, 0.5) is 0 Å². The SMILES string of the molecule is c1ccc(-n2c3ccccc3c3ccc4c(c32)-c2ccccc2C4)cc1. The van der Waals surface area contributed by atoms with Crippen LogP contribution in [0.15, 0.2) is 91.0 Å². The fourth-order valence-electron chi connectivity index (χ4n) is 4.52. The first kappa shape index (κ1) is 13.9.